The standard InChI is InChI=1S/C13H19NO4S/c1-13(2,8-19(3,17)18)10-6-4-9(5-7-10)11(14)12(15)16/h4-7,11H,8,14H2,1-3H3,(H,15,16). The molecule has 106 valence electrons. The second-order valence-corrected chi connectivity index (χ2v) is 7.53. The van der Waals surface area contributed by atoms with Gasteiger partial charge in [0.2, 0.25) is 0 Å². The first-order valence-corrected chi connectivity index (χ1v) is 7.85. The van der Waals surface area contributed by atoms with Gasteiger partial charge in [0.15, 0.2) is 0 Å². The molecule has 1 atom stereocenters. The molecular weight excluding hydrogens is 266 g/mol. The summed E-state index contributed by atoms with van der Waals surface area (Å²) in [5, 5.41) is 8.81. The zero-order valence-electron chi connectivity index (χ0n) is 11.3. The van der Waals surface area contributed by atoms with Crippen molar-refractivity contribution in [2.24, 2.45) is 5.73 Å². The van der Waals surface area contributed by atoms with Gasteiger partial charge in [-0.2, -0.15) is 0 Å². The predicted octanol–water partition coefficient (Wildman–Crippen LogP) is 1.09. The van der Waals surface area contributed by atoms with E-state index in [9.17, 15) is 13.2 Å². The number of sulfone groups is 1. The van der Waals surface area contributed by atoms with Crippen molar-refractivity contribution in [2.45, 2.75) is 25.3 Å². The highest BCUT2D eigenvalue weighted by atomic mass is 32.2. The minimum atomic E-state index is -3.09. The number of carboxylic acids is 1. The Balaban J connectivity index is 3.02. The fourth-order valence-electron chi connectivity index (χ4n) is 2.02. The van der Waals surface area contributed by atoms with Crippen LogP contribution in [-0.2, 0) is 20.0 Å². The van der Waals surface area contributed by atoms with Crippen LogP contribution >= 0.6 is 0 Å². The van der Waals surface area contributed by atoms with Gasteiger partial charge in [0.1, 0.15) is 15.9 Å². The number of hydrogen-bond donors (Lipinski definition) is 2. The third kappa shape index (κ3) is 4.33. The molecule has 0 aliphatic rings. The Morgan fingerprint density at radius 2 is 1.79 bits per heavy atom. The fraction of sp³-hybridized carbons (Fsp3) is 0.462. The summed E-state index contributed by atoms with van der Waals surface area (Å²) in [6.45, 7) is 3.67. The molecule has 0 amide bonds. The largest absolute Gasteiger partial charge is 0.480 e. The first-order chi connectivity index (χ1) is 8.53. The lowest BCUT2D eigenvalue weighted by Gasteiger charge is -2.24. The third-order valence-electron chi connectivity index (χ3n) is 2.94. The molecule has 0 aromatic heterocycles. The van der Waals surface area contributed by atoms with Crippen LogP contribution in [0.1, 0.15) is 31.0 Å². The molecule has 6 heteroatoms. The van der Waals surface area contributed by atoms with Crippen molar-refractivity contribution in [2.75, 3.05) is 12.0 Å². The quantitative estimate of drug-likeness (QED) is 0.844. The number of aliphatic carboxylic acids is 1. The van der Waals surface area contributed by atoms with E-state index in [1.54, 1.807) is 24.3 Å². The van der Waals surface area contributed by atoms with Crippen molar-refractivity contribution in [3.05, 3.63) is 35.4 Å². The third-order valence-corrected chi connectivity index (χ3v) is 4.19. The van der Waals surface area contributed by atoms with E-state index in [0.717, 1.165) is 5.56 Å². The molecule has 0 radical (unpaired) electrons. The molecule has 0 saturated heterocycles. The lowest BCUT2D eigenvalue weighted by molar-refractivity contribution is -0.138. The molecule has 0 spiro atoms. The molecular formula is C13H19NO4S. The van der Waals surface area contributed by atoms with Crippen LogP contribution in [0, 0.1) is 0 Å². The smallest absolute Gasteiger partial charge is 0.325 e. The fourth-order valence-corrected chi connectivity index (χ4v) is 3.50. The zero-order chi connectivity index (χ0) is 14.8. The molecule has 0 aliphatic heterocycles. The lowest BCUT2D eigenvalue weighted by Crippen LogP contribution is -2.28. The van der Waals surface area contributed by atoms with Crippen LogP contribution in [0.4, 0.5) is 0 Å². The number of hydrogen-bond acceptors (Lipinski definition) is 4. The van der Waals surface area contributed by atoms with Gasteiger partial charge in [-0.05, 0) is 11.1 Å². The number of nitrogens with two attached hydrogens (primary N) is 1. The van der Waals surface area contributed by atoms with Crippen LogP contribution in [0.15, 0.2) is 24.3 Å². The zero-order valence-corrected chi connectivity index (χ0v) is 12.1. The molecule has 0 aliphatic carbocycles. The minimum Gasteiger partial charge on any atom is -0.480 e. The highest BCUT2D eigenvalue weighted by Gasteiger charge is 2.26. The summed E-state index contributed by atoms with van der Waals surface area (Å²) in [6.07, 6.45) is 1.20. The van der Waals surface area contributed by atoms with Gasteiger partial charge in [-0.1, -0.05) is 38.1 Å². The van der Waals surface area contributed by atoms with Crippen molar-refractivity contribution >= 4 is 15.8 Å². The Labute approximate surface area is 113 Å². The van der Waals surface area contributed by atoms with Crippen LogP contribution in [0.2, 0.25) is 0 Å². The summed E-state index contributed by atoms with van der Waals surface area (Å²) in [5.41, 5.74) is 6.30. The molecule has 0 saturated carbocycles. The average Bonchev–Trinajstić information content (AvgIpc) is 2.25. The number of rotatable bonds is 5. The summed E-state index contributed by atoms with van der Waals surface area (Å²) in [4.78, 5) is 10.8. The molecule has 5 nitrogen and oxygen atoms in total. The molecule has 0 bridgehead atoms. The van der Waals surface area contributed by atoms with Crippen LogP contribution < -0.4 is 5.73 Å². The second-order valence-electron chi connectivity index (χ2n) is 5.39. The highest BCUT2D eigenvalue weighted by molar-refractivity contribution is 7.90. The van der Waals surface area contributed by atoms with Crippen molar-refractivity contribution < 1.29 is 18.3 Å². The van der Waals surface area contributed by atoms with Gasteiger partial charge in [-0.3, -0.25) is 4.79 Å². The predicted molar refractivity (Wildman–Crippen MR) is 73.7 cm³/mol. The summed E-state index contributed by atoms with van der Waals surface area (Å²) in [6, 6.07) is 5.63. The van der Waals surface area contributed by atoms with E-state index >= 15 is 0 Å². The van der Waals surface area contributed by atoms with Crippen LogP contribution in [0.5, 0.6) is 0 Å². The summed E-state index contributed by atoms with van der Waals surface area (Å²) in [5.74, 6) is -1.06. The van der Waals surface area contributed by atoms with Crippen molar-refractivity contribution in [1.29, 1.82) is 0 Å². The first-order valence-electron chi connectivity index (χ1n) is 5.79. The minimum absolute atomic E-state index is 0.0321. The van der Waals surface area contributed by atoms with Gasteiger partial charge in [0.25, 0.3) is 0 Å². The SMILES string of the molecule is CC(C)(CS(C)(=O)=O)c1ccc(C(N)C(=O)O)cc1. The molecule has 1 aromatic carbocycles. The Hall–Kier alpha value is -1.40. The number of carboxylic acid groups (broad SMARTS) is 1. The Morgan fingerprint density at radius 3 is 2.16 bits per heavy atom. The van der Waals surface area contributed by atoms with Crippen LogP contribution in [0.25, 0.3) is 0 Å². The van der Waals surface area contributed by atoms with E-state index in [1.807, 2.05) is 13.8 Å². The summed E-state index contributed by atoms with van der Waals surface area (Å²) >= 11 is 0. The number of carbonyl (C=O) groups is 1. The number of benzene rings is 1. The molecule has 19 heavy (non-hydrogen) atoms. The monoisotopic (exact) mass is 285 g/mol. The Kier molecular flexibility index (Phi) is 4.37. The van der Waals surface area contributed by atoms with Crippen LogP contribution in [-0.4, -0.2) is 31.5 Å². The lowest BCUT2D eigenvalue weighted by atomic mass is 9.86. The molecule has 0 heterocycles. The maximum absolute atomic E-state index is 11.4. The van der Waals surface area contributed by atoms with Gasteiger partial charge in [0.05, 0.1) is 5.75 Å². The average molecular weight is 285 g/mol. The summed E-state index contributed by atoms with van der Waals surface area (Å²) in [7, 11) is -3.09. The second kappa shape index (κ2) is 5.30. The Morgan fingerprint density at radius 1 is 1.32 bits per heavy atom. The van der Waals surface area contributed by atoms with E-state index in [-0.39, 0.29) is 5.75 Å². The molecule has 1 aromatic rings. The van der Waals surface area contributed by atoms with Gasteiger partial charge >= 0.3 is 5.97 Å². The van der Waals surface area contributed by atoms with E-state index < -0.39 is 27.3 Å². The van der Waals surface area contributed by atoms with Gasteiger partial charge in [0, 0.05) is 11.7 Å². The normalized spacial score (nSPS) is 14.1. The van der Waals surface area contributed by atoms with Gasteiger partial charge in [-0.15, -0.1) is 0 Å². The molecule has 0 fully saturated rings. The van der Waals surface area contributed by atoms with E-state index in [2.05, 4.69) is 0 Å². The first kappa shape index (κ1) is 15.7. The van der Waals surface area contributed by atoms with Crippen molar-refractivity contribution in [3.8, 4) is 0 Å². The van der Waals surface area contributed by atoms with E-state index in [1.165, 1.54) is 6.26 Å². The van der Waals surface area contributed by atoms with Gasteiger partial charge < -0.3 is 10.8 Å². The topological polar surface area (TPSA) is 97.5 Å². The van der Waals surface area contributed by atoms with Crippen molar-refractivity contribution in [3.63, 3.8) is 0 Å². The van der Waals surface area contributed by atoms with Crippen molar-refractivity contribution in [1.82, 2.24) is 0 Å². The maximum atomic E-state index is 11.4. The van der Waals surface area contributed by atoms with Crippen LogP contribution in [0.3, 0.4) is 0 Å². The molecule has 1 rings (SSSR count). The highest BCUT2D eigenvalue weighted by Crippen LogP contribution is 2.26. The summed E-state index contributed by atoms with van der Waals surface area (Å²) < 4.78 is 22.8. The van der Waals surface area contributed by atoms with Gasteiger partial charge in [-0.25, -0.2) is 8.42 Å². The molecule has 3 N–H and O–H groups in total. The molecule has 1 unspecified atom stereocenters. The van der Waals surface area contributed by atoms with E-state index in [0.29, 0.717) is 5.56 Å². The maximum Gasteiger partial charge on any atom is 0.325 e. The Bertz CT molecular complexity index is 561. The van der Waals surface area contributed by atoms with E-state index in [4.69, 9.17) is 10.8 Å².